The Balaban J connectivity index is 1.62. The monoisotopic (exact) mass is 351 g/mol. The second kappa shape index (κ2) is 6.96. The Labute approximate surface area is 153 Å². The van der Waals surface area contributed by atoms with Crippen LogP contribution in [-0.4, -0.2) is 38.5 Å². The van der Waals surface area contributed by atoms with Gasteiger partial charge in [-0.2, -0.15) is 10.2 Å². The summed E-state index contributed by atoms with van der Waals surface area (Å²) >= 11 is 0. The van der Waals surface area contributed by atoms with Crippen molar-refractivity contribution in [2.24, 2.45) is 0 Å². The molecular formula is C20H25N5O. The predicted molar refractivity (Wildman–Crippen MR) is 101 cm³/mol. The SMILES string of the molecule is COc1ccc(-n2cccn2)c(CN2CCc3[nH]nc(C(C)C)c3C2)c1. The van der Waals surface area contributed by atoms with Crippen LogP contribution in [0.15, 0.2) is 36.7 Å². The first-order chi connectivity index (χ1) is 12.7. The Hall–Kier alpha value is -2.60. The molecule has 0 atom stereocenters. The van der Waals surface area contributed by atoms with Crippen LogP contribution >= 0.6 is 0 Å². The molecule has 4 rings (SSSR count). The maximum Gasteiger partial charge on any atom is 0.119 e. The lowest BCUT2D eigenvalue weighted by atomic mass is 9.99. The molecule has 0 saturated heterocycles. The second-order valence-corrected chi connectivity index (χ2v) is 7.13. The summed E-state index contributed by atoms with van der Waals surface area (Å²) in [6.07, 6.45) is 4.80. The molecule has 26 heavy (non-hydrogen) atoms. The van der Waals surface area contributed by atoms with Crippen LogP contribution < -0.4 is 4.74 Å². The average Bonchev–Trinajstić information content (AvgIpc) is 3.31. The van der Waals surface area contributed by atoms with Crippen molar-refractivity contribution in [1.29, 1.82) is 0 Å². The number of aromatic nitrogens is 4. The van der Waals surface area contributed by atoms with Crippen molar-refractivity contribution < 1.29 is 4.74 Å². The summed E-state index contributed by atoms with van der Waals surface area (Å²) in [6, 6.07) is 8.13. The maximum absolute atomic E-state index is 5.45. The van der Waals surface area contributed by atoms with Crippen molar-refractivity contribution >= 4 is 0 Å². The molecule has 0 spiro atoms. The Morgan fingerprint density at radius 3 is 2.92 bits per heavy atom. The van der Waals surface area contributed by atoms with Gasteiger partial charge in [0.1, 0.15) is 5.75 Å². The zero-order chi connectivity index (χ0) is 18.1. The molecule has 1 aliphatic heterocycles. The van der Waals surface area contributed by atoms with Crippen molar-refractivity contribution in [1.82, 2.24) is 24.9 Å². The van der Waals surface area contributed by atoms with E-state index < -0.39 is 0 Å². The summed E-state index contributed by atoms with van der Waals surface area (Å²) in [6.45, 7) is 7.20. The van der Waals surface area contributed by atoms with E-state index >= 15 is 0 Å². The third-order valence-corrected chi connectivity index (χ3v) is 5.02. The van der Waals surface area contributed by atoms with Gasteiger partial charge < -0.3 is 4.74 Å². The molecule has 1 aliphatic rings. The van der Waals surface area contributed by atoms with Gasteiger partial charge in [0.15, 0.2) is 0 Å². The Morgan fingerprint density at radius 1 is 1.31 bits per heavy atom. The molecule has 0 saturated carbocycles. The number of methoxy groups -OCH3 is 1. The van der Waals surface area contributed by atoms with Crippen LogP contribution in [0.25, 0.3) is 5.69 Å². The van der Waals surface area contributed by atoms with Crippen LogP contribution in [-0.2, 0) is 19.5 Å². The number of fused-ring (bicyclic) bond motifs is 1. The van der Waals surface area contributed by atoms with E-state index in [2.05, 4.69) is 46.2 Å². The van der Waals surface area contributed by atoms with E-state index in [0.717, 1.165) is 37.5 Å². The van der Waals surface area contributed by atoms with Crippen LogP contribution in [0, 0.1) is 0 Å². The molecule has 3 aromatic rings. The summed E-state index contributed by atoms with van der Waals surface area (Å²) in [4.78, 5) is 2.48. The standard InChI is InChI=1S/C20H25N5O/c1-14(2)20-17-13-24(10-7-18(17)22-23-20)12-15-11-16(26-3)5-6-19(15)25-9-4-8-21-25/h4-6,8-9,11,14H,7,10,12-13H2,1-3H3,(H,22,23). The van der Waals surface area contributed by atoms with Gasteiger partial charge in [0.2, 0.25) is 0 Å². The van der Waals surface area contributed by atoms with E-state index in [4.69, 9.17) is 4.74 Å². The van der Waals surface area contributed by atoms with Crippen molar-refractivity contribution in [3.63, 3.8) is 0 Å². The van der Waals surface area contributed by atoms with Gasteiger partial charge in [0.25, 0.3) is 0 Å². The first-order valence-electron chi connectivity index (χ1n) is 9.11. The Morgan fingerprint density at radius 2 is 2.19 bits per heavy atom. The predicted octanol–water partition coefficient (Wildman–Crippen LogP) is 3.29. The van der Waals surface area contributed by atoms with E-state index in [0.29, 0.717) is 5.92 Å². The van der Waals surface area contributed by atoms with Gasteiger partial charge in [-0.25, -0.2) is 4.68 Å². The van der Waals surface area contributed by atoms with Crippen LogP contribution in [0.5, 0.6) is 5.75 Å². The molecule has 3 heterocycles. The number of benzene rings is 1. The zero-order valence-corrected chi connectivity index (χ0v) is 15.6. The van der Waals surface area contributed by atoms with E-state index in [1.54, 1.807) is 7.11 Å². The van der Waals surface area contributed by atoms with Crippen molar-refractivity contribution in [3.05, 3.63) is 59.2 Å². The van der Waals surface area contributed by atoms with E-state index in [1.165, 1.54) is 22.5 Å². The lowest BCUT2D eigenvalue weighted by Crippen LogP contribution is -2.30. The number of hydrogen-bond donors (Lipinski definition) is 1. The zero-order valence-electron chi connectivity index (χ0n) is 15.6. The van der Waals surface area contributed by atoms with Gasteiger partial charge in [0, 0.05) is 49.7 Å². The van der Waals surface area contributed by atoms with Crippen LogP contribution in [0.1, 0.15) is 42.3 Å². The minimum Gasteiger partial charge on any atom is -0.497 e. The quantitative estimate of drug-likeness (QED) is 0.766. The lowest BCUT2D eigenvalue weighted by molar-refractivity contribution is 0.243. The number of H-pyrrole nitrogens is 1. The molecule has 0 aliphatic carbocycles. The van der Waals surface area contributed by atoms with Crippen molar-refractivity contribution in [2.45, 2.75) is 39.3 Å². The van der Waals surface area contributed by atoms with Gasteiger partial charge in [0.05, 0.1) is 18.5 Å². The number of hydrogen-bond acceptors (Lipinski definition) is 4. The van der Waals surface area contributed by atoms with Crippen LogP contribution in [0.4, 0.5) is 0 Å². The third-order valence-electron chi connectivity index (χ3n) is 5.02. The van der Waals surface area contributed by atoms with Gasteiger partial charge in [-0.05, 0) is 35.7 Å². The molecule has 6 nitrogen and oxygen atoms in total. The fourth-order valence-electron chi connectivity index (χ4n) is 3.68. The molecule has 1 N–H and O–H groups in total. The largest absolute Gasteiger partial charge is 0.497 e. The summed E-state index contributed by atoms with van der Waals surface area (Å²) in [5, 5.41) is 12.2. The highest BCUT2D eigenvalue weighted by atomic mass is 16.5. The van der Waals surface area contributed by atoms with Gasteiger partial charge in [-0.1, -0.05) is 13.8 Å². The van der Waals surface area contributed by atoms with E-state index in [1.807, 2.05) is 29.2 Å². The summed E-state index contributed by atoms with van der Waals surface area (Å²) in [7, 11) is 1.71. The van der Waals surface area contributed by atoms with Gasteiger partial charge in [-0.3, -0.25) is 10.00 Å². The minimum absolute atomic E-state index is 0.436. The fraction of sp³-hybridized carbons (Fsp3) is 0.400. The normalized spacial score (nSPS) is 14.6. The molecule has 2 aromatic heterocycles. The summed E-state index contributed by atoms with van der Waals surface area (Å²) in [5.41, 5.74) is 6.17. The lowest BCUT2D eigenvalue weighted by Gasteiger charge is -2.28. The summed E-state index contributed by atoms with van der Waals surface area (Å²) in [5.74, 6) is 1.31. The first kappa shape index (κ1) is 16.8. The van der Waals surface area contributed by atoms with E-state index in [-0.39, 0.29) is 0 Å². The van der Waals surface area contributed by atoms with Crippen molar-refractivity contribution in [3.8, 4) is 11.4 Å². The second-order valence-electron chi connectivity index (χ2n) is 7.13. The van der Waals surface area contributed by atoms with Crippen LogP contribution in [0.3, 0.4) is 0 Å². The maximum atomic E-state index is 5.45. The van der Waals surface area contributed by atoms with E-state index in [9.17, 15) is 0 Å². The first-order valence-corrected chi connectivity index (χ1v) is 9.11. The highest BCUT2D eigenvalue weighted by molar-refractivity contribution is 5.45. The highest BCUT2D eigenvalue weighted by Crippen LogP contribution is 2.28. The molecule has 0 bridgehead atoms. The topological polar surface area (TPSA) is 59.0 Å². The number of ether oxygens (including phenoxy) is 1. The molecule has 136 valence electrons. The van der Waals surface area contributed by atoms with Crippen molar-refractivity contribution in [2.75, 3.05) is 13.7 Å². The number of aromatic amines is 1. The smallest absolute Gasteiger partial charge is 0.119 e. The van der Waals surface area contributed by atoms with Gasteiger partial charge >= 0.3 is 0 Å². The fourth-order valence-corrected chi connectivity index (χ4v) is 3.68. The molecule has 6 heteroatoms. The number of rotatable bonds is 5. The molecule has 0 amide bonds. The minimum atomic E-state index is 0.436. The Kier molecular flexibility index (Phi) is 4.51. The Bertz CT molecular complexity index is 882. The molecule has 1 aromatic carbocycles. The number of nitrogens with zero attached hydrogens (tertiary/aromatic N) is 4. The molecular weight excluding hydrogens is 326 g/mol. The molecule has 0 radical (unpaired) electrons. The molecule has 0 fully saturated rings. The van der Waals surface area contributed by atoms with Crippen LogP contribution in [0.2, 0.25) is 0 Å². The van der Waals surface area contributed by atoms with Gasteiger partial charge in [-0.15, -0.1) is 0 Å². The highest BCUT2D eigenvalue weighted by Gasteiger charge is 2.24. The average molecular weight is 351 g/mol. The third kappa shape index (κ3) is 3.12. The number of nitrogens with one attached hydrogen (secondary N) is 1. The summed E-state index contributed by atoms with van der Waals surface area (Å²) < 4.78 is 7.37. The molecule has 0 unspecified atom stereocenters.